The number of nitrogens with zero attached hydrogens (tertiary/aromatic N) is 1. The third kappa shape index (κ3) is 2.59. The second kappa shape index (κ2) is 3.82. The van der Waals surface area contributed by atoms with E-state index in [-0.39, 0.29) is 5.91 Å². The fraction of sp³-hybridized carbons (Fsp3) is 0.333. The molecule has 0 saturated carbocycles. The van der Waals surface area contributed by atoms with Gasteiger partial charge >= 0.3 is 0 Å². The first kappa shape index (κ1) is 8.67. The first-order valence-electron chi connectivity index (χ1n) is 3.00. The zero-order valence-corrected chi connectivity index (χ0v) is 8.33. The van der Waals surface area contributed by atoms with E-state index in [1.54, 1.807) is 6.20 Å². The third-order valence-electron chi connectivity index (χ3n) is 0.989. The predicted octanol–water partition coefficient (Wildman–Crippen LogP) is 1.78. The second-order valence-electron chi connectivity index (χ2n) is 1.96. The van der Waals surface area contributed by atoms with Crippen LogP contribution < -0.4 is 5.32 Å². The van der Waals surface area contributed by atoms with Crippen LogP contribution in [-0.2, 0) is 4.79 Å². The van der Waals surface area contributed by atoms with Gasteiger partial charge in [0.2, 0.25) is 5.91 Å². The molecule has 0 atom stereocenters. The summed E-state index contributed by atoms with van der Waals surface area (Å²) in [5.41, 5.74) is 0. The number of carbonyl (C=O) groups is 1. The van der Waals surface area contributed by atoms with Gasteiger partial charge in [0, 0.05) is 11.1 Å². The van der Waals surface area contributed by atoms with E-state index in [4.69, 9.17) is 0 Å². The van der Waals surface area contributed by atoms with Gasteiger partial charge in [-0.05, 0) is 6.92 Å². The van der Waals surface area contributed by atoms with Gasteiger partial charge in [-0.15, -0.1) is 11.3 Å². The highest BCUT2D eigenvalue weighted by Crippen LogP contribution is 2.16. The maximum atomic E-state index is 10.8. The van der Waals surface area contributed by atoms with E-state index in [2.05, 4.69) is 26.2 Å². The molecule has 0 aliphatic heterocycles. The molecule has 11 heavy (non-hydrogen) atoms. The van der Waals surface area contributed by atoms with Crippen LogP contribution in [-0.4, -0.2) is 16.2 Å². The summed E-state index contributed by atoms with van der Waals surface area (Å²) in [6.07, 6.45) is 1.73. The smallest absolute Gasteiger partial charge is 0.236 e. The lowest BCUT2D eigenvalue weighted by Crippen LogP contribution is -2.11. The number of hydrogen-bond acceptors (Lipinski definition) is 3. The molecule has 0 fully saturated rings. The number of aryl methyl sites for hydroxylation is 1. The molecule has 0 aromatic carbocycles. The molecule has 0 saturated heterocycles. The molecule has 60 valence electrons. The van der Waals surface area contributed by atoms with Gasteiger partial charge < -0.3 is 5.32 Å². The van der Waals surface area contributed by atoms with Gasteiger partial charge in [-0.1, -0.05) is 15.9 Å². The molecular formula is C6H7BrN2OS. The van der Waals surface area contributed by atoms with E-state index in [1.807, 2.05) is 6.92 Å². The highest BCUT2D eigenvalue weighted by atomic mass is 79.9. The monoisotopic (exact) mass is 234 g/mol. The molecule has 0 bridgehead atoms. The Kier molecular flexibility index (Phi) is 3.02. The lowest BCUT2D eigenvalue weighted by atomic mass is 10.6. The van der Waals surface area contributed by atoms with Crippen molar-refractivity contribution in [1.29, 1.82) is 0 Å². The Labute approximate surface area is 77.0 Å². The van der Waals surface area contributed by atoms with Gasteiger partial charge in [-0.25, -0.2) is 4.98 Å². The molecule has 1 heterocycles. The van der Waals surface area contributed by atoms with Crippen molar-refractivity contribution in [3.05, 3.63) is 11.1 Å². The summed E-state index contributed by atoms with van der Waals surface area (Å²) in [6.45, 7) is 1.95. The van der Waals surface area contributed by atoms with Crippen LogP contribution in [0.25, 0.3) is 0 Å². The van der Waals surface area contributed by atoms with E-state index in [1.165, 1.54) is 11.3 Å². The number of carbonyl (C=O) groups excluding carboxylic acids is 1. The third-order valence-corrected chi connectivity index (χ3v) is 2.33. The molecule has 1 N–H and O–H groups in total. The number of hydrogen-bond donors (Lipinski definition) is 1. The van der Waals surface area contributed by atoms with Crippen LogP contribution >= 0.6 is 27.3 Å². The average molecular weight is 235 g/mol. The van der Waals surface area contributed by atoms with Crippen molar-refractivity contribution in [3.8, 4) is 0 Å². The number of halogens is 1. The van der Waals surface area contributed by atoms with Crippen molar-refractivity contribution >= 4 is 38.3 Å². The lowest BCUT2D eigenvalue weighted by Gasteiger charge is -1.94. The number of amides is 1. The molecule has 0 aliphatic rings. The molecule has 0 aliphatic carbocycles. The second-order valence-corrected chi connectivity index (χ2v) is 3.75. The van der Waals surface area contributed by atoms with Gasteiger partial charge in [0.15, 0.2) is 5.13 Å². The topological polar surface area (TPSA) is 42.0 Å². The summed E-state index contributed by atoms with van der Waals surface area (Å²) in [7, 11) is 0. The summed E-state index contributed by atoms with van der Waals surface area (Å²) >= 11 is 4.51. The molecule has 1 amide bonds. The molecule has 1 aromatic rings. The van der Waals surface area contributed by atoms with Crippen LogP contribution in [0.2, 0.25) is 0 Å². The quantitative estimate of drug-likeness (QED) is 0.794. The van der Waals surface area contributed by atoms with Crippen molar-refractivity contribution in [3.63, 3.8) is 0 Å². The Hall–Kier alpha value is -0.420. The standard InChI is InChI=1S/C6H7BrN2OS/c1-4-3-8-6(11-4)9-5(10)2-7/h3H,2H2,1H3,(H,8,9,10). The van der Waals surface area contributed by atoms with Crippen LogP contribution in [0.1, 0.15) is 4.88 Å². The van der Waals surface area contributed by atoms with Gasteiger partial charge in [-0.3, -0.25) is 4.79 Å². The number of nitrogens with one attached hydrogen (secondary N) is 1. The Balaban J connectivity index is 2.57. The minimum Gasteiger partial charge on any atom is -0.301 e. The molecule has 3 nitrogen and oxygen atoms in total. The molecule has 1 aromatic heterocycles. The molecule has 5 heteroatoms. The van der Waals surface area contributed by atoms with Crippen molar-refractivity contribution in [2.45, 2.75) is 6.92 Å². The minimum atomic E-state index is -0.0700. The molecule has 0 radical (unpaired) electrons. The summed E-state index contributed by atoms with van der Waals surface area (Å²) in [5, 5.41) is 3.60. The fourth-order valence-electron chi connectivity index (χ4n) is 0.565. The summed E-state index contributed by atoms with van der Waals surface area (Å²) in [6, 6.07) is 0. The predicted molar refractivity (Wildman–Crippen MR) is 49.3 cm³/mol. The highest BCUT2D eigenvalue weighted by molar-refractivity contribution is 9.09. The van der Waals surface area contributed by atoms with E-state index >= 15 is 0 Å². The van der Waals surface area contributed by atoms with Crippen molar-refractivity contribution in [1.82, 2.24) is 4.98 Å². The van der Waals surface area contributed by atoms with Crippen LogP contribution in [0.15, 0.2) is 6.20 Å². The molecule has 0 spiro atoms. The maximum Gasteiger partial charge on any atom is 0.236 e. The highest BCUT2D eigenvalue weighted by Gasteiger charge is 2.01. The Morgan fingerprint density at radius 2 is 2.64 bits per heavy atom. The van der Waals surface area contributed by atoms with Crippen molar-refractivity contribution < 1.29 is 4.79 Å². The first-order valence-corrected chi connectivity index (χ1v) is 4.94. The summed E-state index contributed by atoms with van der Waals surface area (Å²) in [4.78, 5) is 15.9. The minimum absolute atomic E-state index is 0.0700. The Bertz CT molecular complexity index is 261. The van der Waals surface area contributed by atoms with E-state index in [0.717, 1.165) is 4.88 Å². The Morgan fingerprint density at radius 1 is 1.91 bits per heavy atom. The van der Waals surface area contributed by atoms with Crippen LogP contribution in [0, 0.1) is 6.92 Å². The van der Waals surface area contributed by atoms with Gasteiger partial charge in [0.25, 0.3) is 0 Å². The lowest BCUT2D eigenvalue weighted by molar-refractivity contribution is -0.113. The Morgan fingerprint density at radius 3 is 3.09 bits per heavy atom. The van der Waals surface area contributed by atoms with Gasteiger partial charge in [0.05, 0.1) is 5.33 Å². The van der Waals surface area contributed by atoms with Gasteiger partial charge in [-0.2, -0.15) is 0 Å². The normalized spacial score (nSPS) is 9.64. The molecular weight excluding hydrogens is 228 g/mol. The number of rotatable bonds is 2. The average Bonchev–Trinajstić information content (AvgIpc) is 2.35. The van der Waals surface area contributed by atoms with E-state index < -0.39 is 0 Å². The zero-order valence-electron chi connectivity index (χ0n) is 5.93. The summed E-state index contributed by atoms with van der Waals surface area (Å²) < 4.78 is 0. The molecule has 1 rings (SSSR count). The summed E-state index contributed by atoms with van der Waals surface area (Å²) in [5.74, 6) is -0.0700. The van der Waals surface area contributed by atoms with Crippen LogP contribution in [0.4, 0.5) is 5.13 Å². The SMILES string of the molecule is Cc1cnc(NC(=O)CBr)s1. The maximum absolute atomic E-state index is 10.8. The van der Waals surface area contributed by atoms with Crippen molar-refractivity contribution in [2.75, 3.05) is 10.6 Å². The molecule has 0 unspecified atom stereocenters. The largest absolute Gasteiger partial charge is 0.301 e. The van der Waals surface area contributed by atoms with Crippen LogP contribution in [0.3, 0.4) is 0 Å². The number of thiazole rings is 1. The van der Waals surface area contributed by atoms with Crippen molar-refractivity contribution in [2.24, 2.45) is 0 Å². The zero-order chi connectivity index (χ0) is 8.27. The number of alkyl halides is 1. The number of aromatic nitrogens is 1. The fourth-order valence-corrected chi connectivity index (χ4v) is 1.39. The van der Waals surface area contributed by atoms with E-state index in [9.17, 15) is 4.79 Å². The number of anilines is 1. The van der Waals surface area contributed by atoms with E-state index in [0.29, 0.717) is 10.5 Å². The van der Waals surface area contributed by atoms with Gasteiger partial charge in [0.1, 0.15) is 0 Å². The van der Waals surface area contributed by atoms with Crippen LogP contribution in [0.5, 0.6) is 0 Å². The first-order chi connectivity index (χ1) is 5.22.